The zero-order valence-corrected chi connectivity index (χ0v) is 22.0. The van der Waals surface area contributed by atoms with Crippen LogP contribution in [0.1, 0.15) is 42.7 Å². The van der Waals surface area contributed by atoms with E-state index in [2.05, 4.69) is 55.6 Å². The van der Waals surface area contributed by atoms with Crippen molar-refractivity contribution in [2.75, 3.05) is 31.1 Å². The largest absolute Gasteiger partial charge is 0.370 e. The number of likely N-dealkylation sites (tertiary alicyclic amines) is 1. The maximum atomic E-state index is 12.1. The van der Waals surface area contributed by atoms with Crippen LogP contribution in [-0.4, -0.2) is 57.4 Å². The van der Waals surface area contributed by atoms with Gasteiger partial charge < -0.3 is 14.5 Å². The number of aryl methyl sites for hydroxylation is 2. The molecule has 1 amide bonds. The van der Waals surface area contributed by atoms with E-state index in [1.807, 2.05) is 22.8 Å². The van der Waals surface area contributed by atoms with Crippen LogP contribution in [0.2, 0.25) is 0 Å². The second-order valence-electron chi connectivity index (χ2n) is 11.5. The van der Waals surface area contributed by atoms with Crippen molar-refractivity contribution in [3.63, 3.8) is 0 Å². The Balaban J connectivity index is 1.52. The van der Waals surface area contributed by atoms with Crippen LogP contribution in [0, 0.1) is 23.7 Å². The quantitative estimate of drug-likeness (QED) is 0.512. The van der Waals surface area contributed by atoms with Crippen molar-refractivity contribution in [1.29, 1.82) is 5.26 Å². The van der Waals surface area contributed by atoms with Crippen molar-refractivity contribution in [1.82, 2.24) is 19.7 Å². The Labute approximate surface area is 217 Å². The van der Waals surface area contributed by atoms with Crippen LogP contribution in [0.25, 0.3) is 22.0 Å². The summed E-state index contributed by atoms with van der Waals surface area (Å²) in [5, 5.41) is 16.2. The monoisotopic (exact) mass is 496 g/mol. The van der Waals surface area contributed by atoms with E-state index in [0.29, 0.717) is 18.6 Å². The number of anilines is 1. The molecular formula is C29H32N6O2. The van der Waals surface area contributed by atoms with E-state index in [4.69, 9.17) is 9.72 Å². The number of nitriles is 1. The molecule has 0 unspecified atom stereocenters. The lowest BCUT2D eigenvalue weighted by atomic mass is 9.79. The molecule has 37 heavy (non-hydrogen) atoms. The van der Waals surface area contributed by atoms with Crippen molar-refractivity contribution in [2.45, 2.75) is 45.8 Å². The minimum Gasteiger partial charge on any atom is -0.370 e. The summed E-state index contributed by atoms with van der Waals surface area (Å²) in [6, 6.07) is 6.73. The molecule has 0 bridgehead atoms. The Morgan fingerprint density at radius 1 is 1.24 bits per heavy atom. The van der Waals surface area contributed by atoms with Gasteiger partial charge >= 0.3 is 0 Å². The number of carbonyl (C=O) groups is 1. The second kappa shape index (κ2) is 8.15. The Morgan fingerprint density at radius 3 is 2.76 bits per heavy atom. The summed E-state index contributed by atoms with van der Waals surface area (Å²) in [7, 11) is 1.95. The number of nitrogens with zero attached hydrogens (tertiary/aromatic N) is 6. The van der Waals surface area contributed by atoms with Gasteiger partial charge in [-0.25, -0.2) is 4.98 Å². The van der Waals surface area contributed by atoms with Crippen LogP contribution in [-0.2, 0) is 29.6 Å². The molecule has 190 valence electrons. The number of hydrogen-bond acceptors (Lipinski definition) is 6. The third-order valence-electron chi connectivity index (χ3n) is 8.31. The number of pyridine rings is 1. The van der Waals surface area contributed by atoms with Gasteiger partial charge in [-0.3, -0.25) is 9.48 Å². The molecular weight excluding hydrogens is 464 g/mol. The molecule has 5 heterocycles. The number of aromatic nitrogens is 3. The summed E-state index contributed by atoms with van der Waals surface area (Å²) < 4.78 is 8.15. The zero-order valence-electron chi connectivity index (χ0n) is 22.0. The summed E-state index contributed by atoms with van der Waals surface area (Å²) in [4.78, 5) is 21.3. The summed E-state index contributed by atoms with van der Waals surface area (Å²) in [6.45, 7) is 13.3. The average molecular weight is 497 g/mol. The average Bonchev–Trinajstić information content (AvgIpc) is 3.46. The summed E-state index contributed by atoms with van der Waals surface area (Å²) in [5.41, 5.74) is 6.34. The second-order valence-corrected chi connectivity index (χ2v) is 11.5. The summed E-state index contributed by atoms with van der Waals surface area (Å²) in [6.07, 6.45) is 4.90. The lowest BCUT2D eigenvalue weighted by Gasteiger charge is -2.47. The Hall–Kier alpha value is -3.70. The Kier molecular flexibility index (Phi) is 5.22. The number of hydrogen-bond donors (Lipinski definition) is 0. The molecule has 2 fully saturated rings. The maximum absolute atomic E-state index is 12.1. The first-order valence-corrected chi connectivity index (χ1v) is 12.8. The first-order valence-electron chi connectivity index (χ1n) is 12.8. The maximum Gasteiger partial charge on any atom is 0.245 e. The molecule has 6 rings (SSSR count). The number of amides is 1. The molecule has 3 aliphatic rings. The van der Waals surface area contributed by atoms with Gasteiger partial charge in [0, 0.05) is 67.1 Å². The molecule has 1 spiro atoms. The van der Waals surface area contributed by atoms with Gasteiger partial charge in [0.1, 0.15) is 17.5 Å². The van der Waals surface area contributed by atoms with Gasteiger partial charge in [0.25, 0.3) is 0 Å². The molecule has 3 aliphatic heterocycles. The van der Waals surface area contributed by atoms with Crippen LogP contribution in [0.4, 0.5) is 5.82 Å². The molecule has 0 N–H and O–H groups in total. The molecule has 0 radical (unpaired) electrons. The predicted molar refractivity (Wildman–Crippen MR) is 142 cm³/mol. The fourth-order valence-corrected chi connectivity index (χ4v) is 6.40. The van der Waals surface area contributed by atoms with Crippen molar-refractivity contribution in [3.8, 4) is 17.2 Å². The number of fused-ring (bicyclic) bond motifs is 2. The highest BCUT2D eigenvalue weighted by Crippen LogP contribution is 2.46. The Morgan fingerprint density at radius 2 is 2.03 bits per heavy atom. The van der Waals surface area contributed by atoms with Gasteiger partial charge in [-0.05, 0) is 38.8 Å². The topological polar surface area (TPSA) is 87.3 Å². The lowest BCUT2D eigenvalue weighted by Crippen LogP contribution is -2.59. The van der Waals surface area contributed by atoms with Crippen LogP contribution in [0.5, 0.6) is 0 Å². The van der Waals surface area contributed by atoms with E-state index >= 15 is 0 Å². The van der Waals surface area contributed by atoms with E-state index in [1.165, 1.54) is 6.08 Å². The number of ether oxygens (including phenoxy) is 1. The van der Waals surface area contributed by atoms with E-state index in [0.717, 1.165) is 77.3 Å². The fraction of sp³-hybridized carbons (Fsp3) is 0.448. The minimum atomic E-state index is -0.331. The normalized spacial score (nSPS) is 19.5. The van der Waals surface area contributed by atoms with Crippen LogP contribution in [0.15, 0.2) is 31.0 Å². The van der Waals surface area contributed by atoms with Crippen molar-refractivity contribution in [3.05, 3.63) is 53.4 Å². The molecule has 0 saturated carbocycles. The van der Waals surface area contributed by atoms with Gasteiger partial charge in [0.05, 0.1) is 29.6 Å². The predicted octanol–water partition coefficient (Wildman–Crippen LogP) is 3.89. The highest BCUT2D eigenvalue weighted by Gasteiger charge is 2.49. The van der Waals surface area contributed by atoms with Gasteiger partial charge in [-0.2, -0.15) is 10.4 Å². The molecule has 0 aliphatic carbocycles. The molecule has 0 atom stereocenters. The molecule has 2 aromatic heterocycles. The first-order chi connectivity index (χ1) is 17.6. The highest BCUT2D eigenvalue weighted by atomic mass is 16.5. The smallest absolute Gasteiger partial charge is 0.245 e. The molecule has 2 saturated heterocycles. The highest BCUT2D eigenvalue weighted by molar-refractivity contribution is 5.99. The number of carbonyl (C=O) groups excluding carboxylic acids is 1. The van der Waals surface area contributed by atoms with Crippen molar-refractivity contribution < 1.29 is 9.53 Å². The van der Waals surface area contributed by atoms with Gasteiger partial charge in [-0.1, -0.05) is 18.7 Å². The molecule has 8 nitrogen and oxygen atoms in total. The van der Waals surface area contributed by atoms with Gasteiger partial charge in [0.15, 0.2) is 0 Å². The number of benzene rings is 1. The van der Waals surface area contributed by atoms with Crippen LogP contribution in [0.3, 0.4) is 0 Å². The lowest BCUT2D eigenvalue weighted by molar-refractivity contribution is -0.136. The molecule has 1 aromatic carbocycles. The number of rotatable bonds is 3. The Bertz CT molecular complexity index is 1510. The van der Waals surface area contributed by atoms with Crippen molar-refractivity contribution >= 4 is 22.6 Å². The van der Waals surface area contributed by atoms with Crippen LogP contribution < -0.4 is 4.90 Å². The third-order valence-corrected chi connectivity index (χ3v) is 8.31. The van der Waals surface area contributed by atoms with Crippen LogP contribution >= 0.6 is 0 Å². The summed E-state index contributed by atoms with van der Waals surface area (Å²) in [5.74, 6) is 0.732. The van der Waals surface area contributed by atoms with E-state index in [-0.39, 0.29) is 16.9 Å². The van der Waals surface area contributed by atoms with Gasteiger partial charge in [-0.15, -0.1) is 0 Å². The zero-order chi connectivity index (χ0) is 26.1. The SMILES string of the molecule is C=CC(=O)N1CC2(CCN(c3nc4c(c(-c5c(C)ccc6cnn(C)c56)c3C#N)COC(C)(C)C4)C2)C1. The minimum absolute atomic E-state index is 0.0158. The van der Waals surface area contributed by atoms with E-state index in [1.54, 1.807) is 0 Å². The van der Waals surface area contributed by atoms with Crippen molar-refractivity contribution in [2.24, 2.45) is 12.5 Å². The first kappa shape index (κ1) is 23.7. The molecule has 3 aromatic rings. The fourth-order valence-electron chi connectivity index (χ4n) is 6.40. The van der Waals surface area contributed by atoms with E-state index < -0.39 is 0 Å². The standard InChI is InChI=1S/C29H32N6O2/c1-6-23(36)35-16-29(17-35)9-10-34(15-29)27-20(12-30)25(21-14-37-28(3,4)11-22(21)32-27)24-18(2)7-8-19-13-31-33(5)26(19)24/h6-8,13H,1,9-11,14-17H2,2-5H3. The molecule has 8 heteroatoms. The third kappa shape index (κ3) is 3.64. The van der Waals surface area contributed by atoms with E-state index in [9.17, 15) is 10.1 Å². The summed E-state index contributed by atoms with van der Waals surface area (Å²) >= 11 is 0. The van der Waals surface area contributed by atoms with Gasteiger partial charge in [0.2, 0.25) is 5.91 Å².